The van der Waals surface area contributed by atoms with Crippen molar-refractivity contribution in [2.45, 2.75) is 131 Å². The first-order valence-electron chi connectivity index (χ1n) is 15.8. The summed E-state index contributed by atoms with van der Waals surface area (Å²) in [6.07, 6.45) is 11.1. The number of aliphatic hydroxyl groups is 1. The lowest BCUT2D eigenvalue weighted by Gasteiger charge is -2.72. The van der Waals surface area contributed by atoms with Crippen LogP contribution in [-0.2, 0) is 19.0 Å². The normalized spacial score (nSPS) is 53.6. The van der Waals surface area contributed by atoms with Crippen LogP contribution in [-0.4, -0.2) is 42.8 Å². The first-order valence-corrected chi connectivity index (χ1v) is 15.8. The molecular formula is C34H54O5. The lowest BCUT2D eigenvalue weighted by Crippen LogP contribution is -2.70. The van der Waals surface area contributed by atoms with E-state index in [1.807, 2.05) is 13.8 Å². The van der Waals surface area contributed by atoms with Gasteiger partial charge in [0.25, 0.3) is 0 Å². The van der Waals surface area contributed by atoms with E-state index in [1.165, 1.54) is 6.42 Å². The fourth-order valence-corrected chi connectivity index (χ4v) is 11.8. The minimum Gasteiger partial charge on any atom is -0.469 e. The molecule has 6 rings (SSSR count). The zero-order valence-corrected chi connectivity index (χ0v) is 26.1. The van der Waals surface area contributed by atoms with Gasteiger partial charge in [-0.2, -0.15) is 0 Å². The van der Waals surface area contributed by atoms with E-state index in [4.69, 9.17) is 14.2 Å². The minimum atomic E-state index is -0.653. The molecule has 0 aromatic carbocycles. The number of rotatable bonds is 1. The zero-order chi connectivity index (χ0) is 28.4. The highest BCUT2D eigenvalue weighted by atomic mass is 16.7. The highest BCUT2D eigenvalue weighted by Gasteiger charge is 2.71. The van der Waals surface area contributed by atoms with Gasteiger partial charge < -0.3 is 19.3 Å². The molecule has 0 radical (unpaired) electrons. The Morgan fingerprint density at radius 3 is 2.31 bits per heavy atom. The molecule has 1 heterocycles. The second-order valence-electron chi connectivity index (χ2n) is 16.9. The molecule has 1 aliphatic heterocycles. The maximum atomic E-state index is 13.5. The van der Waals surface area contributed by atoms with Crippen LogP contribution in [0.25, 0.3) is 0 Å². The molecule has 0 spiro atoms. The number of carbonyl (C=O) groups excluding carboxylic acids is 1. The molecule has 0 amide bonds. The molecular weight excluding hydrogens is 488 g/mol. The van der Waals surface area contributed by atoms with Crippen molar-refractivity contribution in [1.29, 1.82) is 0 Å². The molecule has 0 aromatic heterocycles. The molecule has 1 N–H and O–H groups in total. The summed E-state index contributed by atoms with van der Waals surface area (Å²) in [5.41, 5.74) is 1.38. The Hall–Kier alpha value is -0.910. The van der Waals surface area contributed by atoms with Crippen molar-refractivity contribution in [3.63, 3.8) is 0 Å². The Balaban J connectivity index is 1.41. The van der Waals surface area contributed by atoms with Gasteiger partial charge in [-0.3, -0.25) is 4.79 Å². The molecule has 5 heteroatoms. The molecule has 5 fully saturated rings. The fourth-order valence-electron chi connectivity index (χ4n) is 11.8. The first kappa shape index (κ1) is 28.2. The van der Waals surface area contributed by atoms with E-state index in [1.54, 1.807) is 12.7 Å². The Morgan fingerprint density at radius 2 is 1.62 bits per heavy atom. The van der Waals surface area contributed by atoms with E-state index < -0.39 is 11.9 Å². The van der Waals surface area contributed by atoms with E-state index in [9.17, 15) is 9.90 Å². The van der Waals surface area contributed by atoms with Crippen molar-refractivity contribution in [2.75, 3.05) is 13.7 Å². The average Bonchev–Trinajstić information content (AvgIpc) is 2.84. The van der Waals surface area contributed by atoms with Gasteiger partial charge in [0.1, 0.15) is 0 Å². The summed E-state index contributed by atoms with van der Waals surface area (Å²) in [5, 5.41) is 11.7. The van der Waals surface area contributed by atoms with Gasteiger partial charge in [-0.05, 0) is 111 Å². The predicted molar refractivity (Wildman–Crippen MR) is 152 cm³/mol. The maximum absolute atomic E-state index is 13.5. The maximum Gasteiger partial charge on any atom is 0.312 e. The van der Waals surface area contributed by atoms with Crippen LogP contribution in [0, 0.1) is 50.2 Å². The van der Waals surface area contributed by atoms with Gasteiger partial charge in [0, 0.05) is 5.41 Å². The Labute approximate surface area is 236 Å². The van der Waals surface area contributed by atoms with Gasteiger partial charge in [0.15, 0.2) is 5.79 Å². The van der Waals surface area contributed by atoms with E-state index in [2.05, 4.69) is 47.6 Å². The van der Waals surface area contributed by atoms with Crippen LogP contribution < -0.4 is 0 Å². The standard InChI is InChI=1S/C34H54O5/c1-28(2)14-16-34(27(36)37-9)17-15-32(7)21(22(34)18-28)10-11-25-30(5)19-23(35)26-31(6,20-38-29(3,4)39-26)24(30)12-13-33(25,32)8/h10,22-26,35H,11-20H2,1-9H3/t22-,23+,24+,25+,26-,30-,31-,32+,33+,34-/m0/s1. The number of methoxy groups -OCH3 is 1. The number of allylic oxidation sites excluding steroid dienone is 2. The second-order valence-corrected chi connectivity index (χ2v) is 16.9. The predicted octanol–water partition coefficient (Wildman–Crippen LogP) is 7.06. The zero-order valence-electron chi connectivity index (χ0n) is 26.1. The number of esters is 1. The van der Waals surface area contributed by atoms with Gasteiger partial charge in [0.2, 0.25) is 0 Å². The second kappa shape index (κ2) is 8.34. The highest BCUT2D eigenvalue weighted by Crippen LogP contribution is 2.76. The summed E-state index contributed by atoms with van der Waals surface area (Å²) >= 11 is 0. The Morgan fingerprint density at radius 1 is 0.923 bits per heavy atom. The van der Waals surface area contributed by atoms with Crippen molar-refractivity contribution in [3.8, 4) is 0 Å². The van der Waals surface area contributed by atoms with Crippen LogP contribution in [0.15, 0.2) is 11.6 Å². The van der Waals surface area contributed by atoms with Crippen LogP contribution in [0.1, 0.15) is 113 Å². The molecule has 0 bridgehead atoms. The van der Waals surface area contributed by atoms with Gasteiger partial charge >= 0.3 is 5.97 Å². The third-order valence-electron chi connectivity index (χ3n) is 14.1. The monoisotopic (exact) mass is 542 g/mol. The number of hydrogen-bond acceptors (Lipinski definition) is 5. The Kier molecular flexibility index (Phi) is 6.04. The number of aliphatic hydroxyl groups excluding tert-OH is 1. The molecule has 6 aliphatic rings. The lowest BCUT2D eigenvalue weighted by molar-refractivity contribution is -0.368. The molecule has 5 nitrogen and oxygen atoms in total. The summed E-state index contributed by atoms with van der Waals surface area (Å²) in [7, 11) is 1.58. The van der Waals surface area contributed by atoms with Crippen LogP contribution >= 0.6 is 0 Å². The quantitative estimate of drug-likeness (QED) is 0.284. The van der Waals surface area contributed by atoms with Gasteiger partial charge in [-0.15, -0.1) is 0 Å². The lowest BCUT2D eigenvalue weighted by atomic mass is 9.33. The summed E-state index contributed by atoms with van der Waals surface area (Å²) < 4.78 is 18.2. The SMILES string of the molecule is COC(=O)[C@]12CCC(C)(C)C[C@H]1C1=CC[C@@H]3[C@@]4(C)C[C@@H](O)[C@@H]5OC(C)(C)OC[C@@]5(C)[C@@H]4CC[C@@]3(C)[C@]1(C)CC2. The van der Waals surface area contributed by atoms with Crippen LogP contribution in [0.2, 0.25) is 0 Å². The largest absolute Gasteiger partial charge is 0.469 e. The summed E-state index contributed by atoms with van der Waals surface area (Å²) in [6, 6.07) is 0. The molecule has 4 saturated carbocycles. The molecule has 220 valence electrons. The van der Waals surface area contributed by atoms with Gasteiger partial charge in [-0.1, -0.05) is 53.2 Å². The smallest absolute Gasteiger partial charge is 0.312 e. The molecule has 0 aromatic rings. The summed E-state index contributed by atoms with van der Waals surface area (Å²) in [5.74, 6) is 0.542. The number of hydrogen-bond donors (Lipinski definition) is 1. The Bertz CT molecular complexity index is 1080. The summed E-state index contributed by atoms with van der Waals surface area (Å²) in [4.78, 5) is 13.5. The third kappa shape index (κ3) is 3.57. The topological polar surface area (TPSA) is 65.0 Å². The molecule has 39 heavy (non-hydrogen) atoms. The van der Waals surface area contributed by atoms with Crippen LogP contribution in [0.4, 0.5) is 0 Å². The van der Waals surface area contributed by atoms with Crippen molar-refractivity contribution >= 4 is 5.97 Å². The van der Waals surface area contributed by atoms with Crippen LogP contribution in [0.5, 0.6) is 0 Å². The first-order chi connectivity index (χ1) is 18.0. The van der Waals surface area contributed by atoms with Gasteiger partial charge in [-0.25, -0.2) is 0 Å². The minimum absolute atomic E-state index is 0.000367. The van der Waals surface area contributed by atoms with Crippen molar-refractivity contribution < 1.29 is 24.1 Å². The molecule has 10 atom stereocenters. The molecule has 1 saturated heterocycles. The van der Waals surface area contributed by atoms with Crippen molar-refractivity contribution in [3.05, 3.63) is 11.6 Å². The number of ether oxygens (including phenoxy) is 3. The average molecular weight is 543 g/mol. The van der Waals surface area contributed by atoms with Gasteiger partial charge in [0.05, 0.1) is 31.3 Å². The fraction of sp³-hybridized carbons (Fsp3) is 0.912. The van der Waals surface area contributed by atoms with Crippen molar-refractivity contribution in [2.24, 2.45) is 50.2 Å². The van der Waals surface area contributed by atoms with E-state index in [0.29, 0.717) is 18.4 Å². The third-order valence-corrected chi connectivity index (χ3v) is 14.1. The summed E-state index contributed by atoms with van der Waals surface area (Å²) in [6.45, 7) is 19.3. The highest BCUT2D eigenvalue weighted by molar-refractivity contribution is 5.78. The van der Waals surface area contributed by atoms with E-state index in [0.717, 1.165) is 51.4 Å². The van der Waals surface area contributed by atoms with E-state index in [-0.39, 0.29) is 50.5 Å². The molecule has 5 aliphatic carbocycles. The van der Waals surface area contributed by atoms with E-state index >= 15 is 0 Å². The van der Waals surface area contributed by atoms with Crippen molar-refractivity contribution in [1.82, 2.24) is 0 Å². The molecule has 0 unspecified atom stereocenters. The number of carbonyl (C=O) groups is 1. The number of fused-ring (bicyclic) bond motifs is 9. The van der Waals surface area contributed by atoms with Crippen LogP contribution in [0.3, 0.4) is 0 Å².